The summed E-state index contributed by atoms with van der Waals surface area (Å²) >= 11 is 7.54. The third-order valence-electron chi connectivity index (χ3n) is 4.14. The largest absolute Gasteiger partial charge is 0.320 e. The number of aromatic nitrogens is 1. The average Bonchev–Trinajstić information content (AvgIpc) is 3.22. The first-order valence-electron chi connectivity index (χ1n) is 7.47. The number of thiazole rings is 1. The van der Waals surface area contributed by atoms with E-state index in [1.54, 1.807) is 29.5 Å². The van der Waals surface area contributed by atoms with Crippen molar-refractivity contribution in [1.29, 1.82) is 0 Å². The number of hydrogen-bond donors (Lipinski definition) is 0. The van der Waals surface area contributed by atoms with Gasteiger partial charge in [0, 0.05) is 27.7 Å². The zero-order chi connectivity index (χ0) is 15.9. The van der Waals surface area contributed by atoms with Crippen LogP contribution in [0.5, 0.6) is 0 Å². The van der Waals surface area contributed by atoms with Crippen LogP contribution in [0.2, 0.25) is 5.02 Å². The number of carbonyl (C=O) groups excluding carboxylic acids is 1. The van der Waals surface area contributed by atoms with Crippen LogP contribution >= 0.6 is 22.9 Å². The number of amides is 1. The van der Waals surface area contributed by atoms with Gasteiger partial charge in [-0.25, -0.2) is 0 Å². The number of aryl methyl sites for hydroxylation is 2. The first kappa shape index (κ1) is 15.5. The monoisotopic (exact) mass is 334 g/mol. The number of rotatable bonds is 3. The molecule has 1 aliphatic carbocycles. The molecule has 0 spiro atoms. The smallest absolute Gasteiger partial charge is 0.279 e. The van der Waals surface area contributed by atoms with Crippen molar-refractivity contribution in [2.24, 2.45) is 10.9 Å². The van der Waals surface area contributed by atoms with E-state index < -0.39 is 0 Å². The minimum absolute atomic E-state index is 0.194. The lowest BCUT2D eigenvalue weighted by atomic mass is 10.1. The van der Waals surface area contributed by atoms with Gasteiger partial charge in [-0.15, -0.1) is 11.3 Å². The molecule has 22 heavy (non-hydrogen) atoms. The summed E-state index contributed by atoms with van der Waals surface area (Å²) in [6.45, 7) is 7.05. The fourth-order valence-corrected chi connectivity index (χ4v) is 3.68. The van der Waals surface area contributed by atoms with Gasteiger partial charge >= 0.3 is 0 Å². The molecule has 5 heteroatoms. The highest BCUT2D eigenvalue weighted by atomic mass is 35.5. The zero-order valence-electron chi connectivity index (χ0n) is 13.0. The maximum absolute atomic E-state index is 12.5. The van der Waals surface area contributed by atoms with Crippen molar-refractivity contribution in [1.82, 2.24) is 4.57 Å². The molecule has 1 amide bonds. The molecule has 0 aliphatic heterocycles. The van der Waals surface area contributed by atoms with Crippen LogP contribution in [0.3, 0.4) is 0 Å². The summed E-state index contributed by atoms with van der Waals surface area (Å²) in [5.74, 6) is 0.555. The van der Waals surface area contributed by atoms with Crippen molar-refractivity contribution in [2.45, 2.75) is 40.2 Å². The summed E-state index contributed by atoms with van der Waals surface area (Å²) in [4.78, 5) is 18.9. The first-order valence-corrected chi connectivity index (χ1v) is 8.67. The van der Waals surface area contributed by atoms with Crippen molar-refractivity contribution in [3.05, 3.63) is 49.7 Å². The van der Waals surface area contributed by atoms with E-state index in [4.69, 9.17) is 11.6 Å². The molecule has 1 fully saturated rings. The van der Waals surface area contributed by atoms with Crippen LogP contribution in [0.15, 0.2) is 23.2 Å². The first-order chi connectivity index (χ1) is 10.5. The Morgan fingerprint density at radius 3 is 2.73 bits per heavy atom. The number of nitrogens with zero attached hydrogens (tertiary/aromatic N) is 2. The lowest BCUT2D eigenvalue weighted by Gasteiger charge is -2.05. The van der Waals surface area contributed by atoms with Crippen LogP contribution < -0.4 is 4.80 Å². The maximum atomic E-state index is 12.5. The van der Waals surface area contributed by atoms with Gasteiger partial charge in [0.1, 0.15) is 0 Å². The number of halogens is 1. The second-order valence-electron chi connectivity index (χ2n) is 5.96. The van der Waals surface area contributed by atoms with Crippen molar-refractivity contribution in [3.8, 4) is 0 Å². The number of benzene rings is 1. The second-order valence-corrected chi connectivity index (χ2v) is 7.57. The van der Waals surface area contributed by atoms with Crippen molar-refractivity contribution in [3.63, 3.8) is 0 Å². The van der Waals surface area contributed by atoms with Gasteiger partial charge in [-0.05, 0) is 63.3 Å². The van der Waals surface area contributed by atoms with Gasteiger partial charge < -0.3 is 4.57 Å². The Morgan fingerprint density at radius 2 is 2.09 bits per heavy atom. The van der Waals surface area contributed by atoms with Crippen LogP contribution in [0, 0.1) is 26.7 Å². The fraction of sp³-hybridized carbons (Fsp3) is 0.412. The summed E-state index contributed by atoms with van der Waals surface area (Å²) in [5.41, 5.74) is 2.70. The predicted molar refractivity (Wildman–Crippen MR) is 90.6 cm³/mol. The molecule has 3 nitrogen and oxygen atoms in total. The molecular weight excluding hydrogens is 316 g/mol. The van der Waals surface area contributed by atoms with E-state index in [2.05, 4.69) is 23.4 Å². The van der Waals surface area contributed by atoms with E-state index in [9.17, 15) is 4.79 Å². The minimum atomic E-state index is -0.194. The third-order valence-corrected chi connectivity index (χ3v) is 5.47. The molecule has 2 aromatic rings. The topological polar surface area (TPSA) is 34.4 Å². The van der Waals surface area contributed by atoms with Crippen LogP contribution in [-0.4, -0.2) is 10.5 Å². The second kappa shape index (κ2) is 6.01. The predicted octanol–water partition coefficient (Wildman–Crippen LogP) is 4.28. The van der Waals surface area contributed by atoms with Gasteiger partial charge in [-0.2, -0.15) is 4.99 Å². The van der Waals surface area contributed by atoms with E-state index in [1.807, 2.05) is 6.92 Å². The molecule has 0 saturated heterocycles. The summed E-state index contributed by atoms with van der Waals surface area (Å²) in [5, 5.41) is 0.639. The molecule has 1 aliphatic rings. The minimum Gasteiger partial charge on any atom is -0.320 e. The third kappa shape index (κ3) is 3.18. The Balaban J connectivity index is 2.00. The van der Waals surface area contributed by atoms with E-state index in [1.165, 1.54) is 23.4 Å². The molecule has 1 heterocycles. The fourth-order valence-electron chi connectivity index (χ4n) is 2.47. The summed E-state index contributed by atoms with van der Waals surface area (Å²) in [6.07, 6.45) is 2.57. The van der Waals surface area contributed by atoms with Crippen LogP contribution in [0.1, 0.15) is 39.3 Å². The Labute approximate surface area is 139 Å². The Kier molecular flexibility index (Phi) is 4.24. The standard InChI is InChI=1S/C17H19ClN2OS/c1-10-8-14(18)6-7-15(10)16(21)19-17-20(9-13-4-5-13)11(2)12(3)22-17/h6-8,13H,4-5,9H2,1-3H3. The quantitative estimate of drug-likeness (QED) is 0.825. The lowest BCUT2D eigenvalue weighted by Crippen LogP contribution is -2.19. The van der Waals surface area contributed by atoms with Gasteiger partial charge in [-0.3, -0.25) is 4.79 Å². The summed E-state index contributed by atoms with van der Waals surface area (Å²) < 4.78 is 2.20. The van der Waals surface area contributed by atoms with Crippen molar-refractivity contribution >= 4 is 28.8 Å². The highest BCUT2D eigenvalue weighted by molar-refractivity contribution is 7.09. The van der Waals surface area contributed by atoms with Gasteiger partial charge in [0.25, 0.3) is 5.91 Å². The summed E-state index contributed by atoms with van der Waals surface area (Å²) in [7, 11) is 0. The molecule has 1 aromatic carbocycles. The number of hydrogen-bond acceptors (Lipinski definition) is 2. The van der Waals surface area contributed by atoms with Crippen molar-refractivity contribution in [2.75, 3.05) is 0 Å². The van der Waals surface area contributed by atoms with Gasteiger partial charge in [-0.1, -0.05) is 11.6 Å². The lowest BCUT2D eigenvalue weighted by molar-refractivity contribution is 0.0997. The van der Waals surface area contributed by atoms with E-state index in [0.29, 0.717) is 10.6 Å². The average molecular weight is 335 g/mol. The van der Waals surface area contributed by atoms with Crippen LogP contribution in [0.4, 0.5) is 0 Å². The van der Waals surface area contributed by atoms with Gasteiger partial charge in [0.05, 0.1) is 0 Å². The van der Waals surface area contributed by atoms with E-state index in [0.717, 1.165) is 22.8 Å². The van der Waals surface area contributed by atoms with E-state index >= 15 is 0 Å². The molecule has 0 bridgehead atoms. The molecule has 116 valence electrons. The SMILES string of the molecule is Cc1cc(Cl)ccc1C(=O)N=c1sc(C)c(C)n1CC1CC1. The Hall–Kier alpha value is -1.39. The zero-order valence-corrected chi connectivity index (χ0v) is 14.6. The molecule has 1 saturated carbocycles. The van der Waals surface area contributed by atoms with Gasteiger partial charge in [0.15, 0.2) is 4.80 Å². The molecule has 1 aromatic heterocycles. The molecule has 0 N–H and O–H groups in total. The van der Waals surface area contributed by atoms with Gasteiger partial charge in [0.2, 0.25) is 0 Å². The van der Waals surface area contributed by atoms with E-state index in [-0.39, 0.29) is 5.91 Å². The molecule has 0 unspecified atom stereocenters. The highest BCUT2D eigenvalue weighted by Crippen LogP contribution is 2.31. The van der Waals surface area contributed by atoms with Crippen LogP contribution in [0.25, 0.3) is 0 Å². The Morgan fingerprint density at radius 1 is 1.36 bits per heavy atom. The van der Waals surface area contributed by atoms with Crippen molar-refractivity contribution < 1.29 is 4.79 Å². The molecular formula is C17H19ClN2OS. The maximum Gasteiger partial charge on any atom is 0.279 e. The highest BCUT2D eigenvalue weighted by Gasteiger charge is 2.23. The molecule has 0 radical (unpaired) electrons. The number of carbonyl (C=O) groups is 1. The molecule has 3 rings (SSSR count). The Bertz CT molecular complexity index is 799. The molecule has 0 atom stereocenters. The summed E-state index contributed by atoms with van der Waals surface area (Å²) in [6, 6.07) is 5.29. The normalized spacial score (nSPS) is 15.4. The van der Waals surface area contributed by atoms with Crippen LogP contribution in [-0.2, 0) is 6.54 Å².